The summed E-state index contributed by atoms with van der Waals surface area (Å²) in [6, 6.07) is 8.99. The third-order valence-corrected chi connectivity index (χ3v) is 6.12. The van der Waals surface area contributed by atoms with Crippen molar-refractivity contribution in [2.45, 2.75) is 17.8 Å². The van der Waals surface area contributed by atoms with Crippen molar-refractivity contribution in [1.29, 1.82) is 0 Å². The Kier molecular flexibility index (Phi) is 5.14. The van der Waals surface area contributed by atoms with Crippen LogP contribution >= 0.6 is 46.3 Å². The van der Waals surface area contributed by atoms with Crippen molar-refractivity contribution in [3.05, 3.63) is 57.2 Å². The standard InChI is InChI=1S/C17H13Cl2N5OS2/c1-9-2-5-14(25-9)16-21-11(7-26-16)8-27-17-23-22-15(24(17)20)12-4-3-10(18)6-13(12)19/h2-7H,8,20H2,1H3. The Bertz CT molecular complexity index is 1100. The molecule has 0 aliphatic carbocycles. The molecule has 6 nitrogen and oxygen atoms in total. The fourth-order valence-corrected chi connectivity index (χ4v) is 4.53. The van der Waals surface area contributed by atoms with Crippen LogP contribution in [0.4, 0.5) is 0 Å². The Morgan fingerprint density at radius 2 is 2.07 bits per heavy atom. The number of thiazole rings is 1. The van der Waals surface area contributed by atoms with Crippen LogP contribution in [-0.2, 0) is 5.75 Å². The Balaban J connectivity index is 1.50. The predicted octanol–water partition coefficient (Wildman–Crippen LogP) is 5.28. The Labute approximate surface area is 173 Å². The van der Waals surface area contributed by atoms with Gasteiger partial charge in [0.1, 0.15) is 5.76 Å². The number of rotatable bonds is 5. The molecule has 2 N–H and O–H groups in total. The van der Waals surface area contributed by atoms with E-state index in [1.54, 1.807) is 18.2 Å². The van der Waals surface area contributed by atoms with Crippen LogP contribution in [0.2, 0.25) is 10.0 Å². The number of thioether (sulfide) groups is 1. The van der Waals surface area contributed by atoms with Crippen LogP contribution in [0.15, 0.2) is 45.3 Å². The molecule has 3 heterocycles. The van der Waals surface area contributed by atoms with Gasteiger partial charge in [-0.2, -0.15) is 0 Å². The van der Waals surface area contributed by atoms with Crippen molar-refractivity contribution < 1.29 is 4.42 Å². The van der Waals surface area contributed by atoms with Gasteiger partial charge in [0, 0.05) is 21.7 Å². The quantitative estimate of drug-likeness (QED) is 0.337. The van der Waals surface area contributed by atoms with E-state index in [2.05, 4.69) is 15.2 Å². The van der Waals surface area contributed by atoms with E-state index in [0.29, 0.717) is 32.3 Å². The van der Waals surface area contributed by atoms with E-state index in [1.165, 1.54) is 27.8 Å². The lowest BCUT2D eigenvalue weighted by atomic mass is 10.2. The van der Waals surface area contributed by atoms with Gasteiger partial charge in [0.2, 0.25) is 5.16 Å². The van der Waals surface area contributed by atoms with Crippen LogP contribution in [0.25, 0.3) is 22.2 Å². The molecule has 0 amide bonds. The largest absolute Gasteiger partial charge is 0.459 e. The number of aromatic nitrogens is 4. The lowest BCUT2D eigenvalue weighted by molar-refractivity contribution is 0.548. The smallest absolute Gasteiger partial charge is 0.210 e. The van der Waals surface area contributed by atoms with E-state index in [4.69, 9.17) is 33.5 Å². The first-order valence-electron chi connectivity index (χ1n) is 7.81. The third kappa shape index (κ3) is 3.84. The van der Waals surface area contributed by atoms with Gasteiger partial charge in [-0.1, -0.05) is 35.0 Å². The number of benzene rings is 1. The van der Waals surface area contributed by atoms with Gasteiger partial charge < -0.3 is 10.3 Å². The topological polar surface area (TPSA) is 82.8 Å². The molecule has 0 aliphatic rings. The van der Waals surface area contributed by atoms with Gasteiger partial charge in [0.15, 0.2) is 16.6 Å². The lowest BCUT2D eigenvalue weighted by Crippen LogP contribution is -2.11. The number of nitrogen functional groups attached to an aromatic ring is 1. The Morgan fingerprint density at radius 1 is 1.22 bits per heavy atom. The molecule has 0 fully saturated rings. The molecule has 4 rings (SSSR count). The average molecular weight is 438 g/mol. The van der Waals surface area contributed by atoms with Crippen molar-refractivity contribution in [2.75, 3.05) is 5.84 Å². The summed E-state index contributed by atoms with van der Waals surface area (Å²) >= 11 is 15.2. The first-order valence-corrected chi connectivity index (χ1v) is 10.4. The molecule has 0 atom stereocenters. The maximum atomic E-state index is 6.24. The van der Waals surface area contributed by atoms with Crippen molar-refractivity contribution in [2.24, 2.45) is 0 Å². The van der Waals surface area contributed by atoms with E-state index >= 15 is 0 Å². The highest BCUT2D eigenvalue weighted by molar-refractivity contribution is 7.98. The number of hydrogen-bond acceptors (Lipinski definition) is 7. The molecule has 0 unspecified atom stereocenters. The Hall–Kier alpha value is -2.00. The first kappa shape index (κ1) is 18.4. The maximum absolute atomic E-state index is 6.24. The average Bonchev–Trinajstić information content (AvgIpc) is 3.34. The van der Waals surface area contributed by atoms with Gasteiger partial charge in [0.25, 0.3) is 0 Å². The van der Waals surface area contributed by atoms with Crippen LogP contribution in [0, 0.1) is 6.92 Å². The Morgan fingerprint density at radius 3 is 2.81 bits per heavy atom. The van der Waals surface area contributed by atoms with E-state index in [-0.39, 0.29) is 0 Å². The minimum atomic E-state index is 0.469. The second-order valence-electron chi connectivity index (χ2n) is 5.64. The monoisotopic (exact) mass is 437 g/mol. The fraction of sp³-hybridized carbons (Fsp3) is 0.118. The predicted molar refractivity (Wildman–Crippen MR) is 110 cm³/mol. The number of halogens is 2. The van der Waals surface area contributed by atoms with E-state index in [9.17, 15) is 0 Å². The number of hydrogen-bond donors (Lipinski definition) is 1. The highest BCUT2D eigenvalue weighted by Crippen LogP contribution is 2.32. The molecule has 0 saturated heterocycles. The zero-order valence-corrected chi connectivity index (χ0v) is 17.2. The second kappa shape index (κ2) is 7.55. The summed E-state index contributed by atoms with van der Waals surface area (Å²) in [5.74, 6) is 8.87. The molecule has 1 aromatic carbocycles. The number of nitrogens with zero attached hydrogens (tertiary/aromatic N) is 4. The molecule has 0 spiro atoms. The zero-order chi connectivity index (χ0) is 19.0. The number of furan rings is 1. The van der Waals surface area contributed by atoms with Crippen LogP contribution in [-0.4, -0.2) is 19.9 Å². The normalized spacial score (nSPS) is 11.2. The molecule has 3 aromatic heterocycles. The third-order valence-electron chi connectivity index (χ3n) is 3.69. The van der Waals surface area contributed by atoms with Crippen molar-refractivity contribution >= 4 is 46.3 Å². The lowest BCUT2D eigenvalue weighted by Gasteiger charge is -2.05. The van der Waals surface area contributed by atoms with Crippen molar-refractivity contribution in [3.8, 4) is 22.2 Å². The van der Waals surface area contributed by atoms with Gasteiger partial charge in [0.05, 0.1) is 10.7 Å². The molecule has 0 bridgehead atoms. The van der Waals surface area contributed by atoms with Gasteiger partial charge in [-0.25, -0.2) is 9.66 Å². The van der Waals surface area contributed by atoms with Crippen LogP contribution in [0.3, 0.4) is 0 Å². The van der Waals surface area contributed by atoms with Gasteiger partial charge >= 0.3 is 0 Å². The van der Waals surface area contributed by atoms with Gasteiger partial charge in [-0.05, 0) is 37.3 Å². The van der Waals surface area contributed by atoms with Crippen molar-refractivity contribution in [3.63, 3.8) is 0 Å². The molecule has 4 aromatic rings. The van der Waals surface area contributed by atoms with E-state index in [0.717, 1.165) is 22.2 Å². The van der Waals surface area contributed by atoms with E-state index in [1.807, 2.05) is 24.4 Å². The molecular weight excluding hydrogens is 425 g/mol. The SMILES string of the molecule is Cc1ccc(-c2nc(CSc3nnc(-c4ccc(Cl)cc4Cl)n3N)cs2)o1. The van der Waals surface area contributed by atoms with Crippen LogP contribution in [0.1, 0.15) is 11.5 Å². The first-order chi connectivity index (χ1) is 13.0. The molecule has 0 saturated carbocycles. The summed E-state index contributed by atoms with van der Waals surface area (Å²) in [6.07, 6.45) is 0. The summed E-state index contributed by atoms with van der Waals surface area (Å²) < 4.78 is 7.03. The van der Waals surface area contributed by atoms with Gasteiger partial charge in [-0.15, -0.1) is 21.5 Å². The van der Waals surface area contributed by atoms with Crippen LogP contribution in [0.5, 0.6) is 0 Å². The molecular formula is C17H13Cl2N5OS2. The molecule has 138 valence electrons. The molecule has 0 radical (unpaired) electrons. The van der Waals surface area contributed by atoms with E-state index < -0.39 is 0 Å². The molecule has 27 heavy (non-hydrogen) atoms. The summed E-state index contributed by atoms with van der Waals surface area (Å²) in [5, 5.41) is 12.7. The maximum Gasteiger partial charge on any atom is 0.210 e. The number of aryl methyl sites for hydroxylation is 1. The summed E-state index contributed by atoms with van der Waals surface area (Å²) in [6.45, 7) is 1.91. The minimum absolute atomic E-state index is 0.469. The second-order valence-corrected chi connectivity index (χ2v) is 8.29. The molecule has 10 heteroatoms. The zero-order valence-electron chi connectivity index (χ0n) is 14.0. The van der Waals surface area contributed by atoms with Gasteiger partial charge in [-0.3, -0.25) is 0 Å². The van der Waals surface area contributed by atoms with Crippen LogP contribution < -0.4 is 5.84 Å². The highest BCUT2D eigenvalue weighted by atomic mass is 35.5. The summed E-state index contributed by atoms with van der Waals surface area (Å²) in [5.41, 5.74) is 1.59. The highest BCUT2D eigenvalue weighted by Gasteiger charge is 2.16. The minimum Gasteiger partial charge on any atom is -0.459 e. The summed E-state index contributed by atoms with van der Waals surface area (Å²) in [7, 11) is 0. The summed E-state index contributed by atoms with van der Waals surface area (Å²) in [4.78, 5) is 4.60. The number of nitrogens with two attached hydrogens (primary N) is 1. The fourth-order valence-electron chi connectivity index (χ4n) is 2.40. The van der Waals surface area contributed by atoms with Crippen molar-refractivity contribution in [1.82, 2.24) is 19.9 Å². The molecule has 0 aliphatic heterocycles.